The molecule has 0 aromatic carbocycles. The molecule has 0 aliphatic heterocycles. The molecule has 0 atom stereocenters. The third kappa shape index (κ3) is 2.30. The molecule has 0 N–H and O–H groups in total. The van der Waals surface area contributed by atoms with Crippen LogP contribution in [0.15, 0.2) is 0 Å². The van der Waals surface area contributed by atoms with E-state index in [1.54, 1.807) is 0 Å². The highest BCUT2D eigenvalue weighted by molar-refractivity contribution is 6.15. The first kappa shape index (κ1) is 11.1. The van der Waals surface area contributed by atoms with Gasteiger partial charge in [0.05, 0.1) is 7.85 Å². The van der Waals surface area contributed by atoms with Crippen LogP contribution in [0.2, 0.25) is 5.31 Å². The minimum Gasteiger partial charge on any atom is -0.0613 e. The largest absolute Gasteiger partial charge is 0.0753 e. The normalized spacial score (nSPS) is 27.2. The molecular weight excluding hydrogens is 155 g/mol. The Morgan fingerprint density at radius 1 is 0.923 bits per heavy atom. The fourth-order valence-corrected chi connectivity index (χ4v) is 2.12. The molecular formula is C12H23B. The van der Waals surface area contributed by atoms with Crippen molar-refractivity contribution in [3.63, 3.8) is 0 Å². The van der Waals surface area contributed by atoms with E-state index in [1.807, 2.05) is 0 Å². The fraction of sp³-hybridized carbons (Fsp3) is 1.00. The van der Waals surface area contributed by atoms with Crippen LogP contribution in [-0.2, 0) is 0 Å². The van der Waals surface area contributed by atoms with Crippen molar-refractivity contribution in [2.24, 2.45) is 10.8 Å². The van der Waals surface area contributed by atoms with Crippen LogP contribution in [0.1, 0.15) is 60.3 Å². The molecule has 1 aliphatic carbocycles. The van der Waals surface area contributed by atoms with Gasteiger partial charge in [-0.1, -0.05) is 52.8 Å². The summed E-state index contributed by atoms with van der Waals surface area (Å²) in [6.45, 7) is 11.5. The molecule has 0 nitrogen and oxygen atoms in total. The average molecular weight is 178 g/mol. The first-order valence-corrected chi connectivity index (χ1v) is 5.45. The van der Waals surface area contributed by atoms with Crippen LogP contribution in [-0.4, -0.2) is 7.85 Å². The summed E-state index contributed by atoms with van der Waals surface area (Å²) in [5.41, 5.74) is 0.775. The minimum absolute atomic E-state index is 0.0719. The lowest BCUT2D eigenvalue weighted by Gasteiger charge is -2.49. The van der Waals surface area contributed by atoms with Crippen molar-refractivity contribution >= 4 is 7.85 Å². The van der Waals surface area contributed by atoms with Gasteiger partial charge in [-0.15, -0.1) is 0 Å². The van der Waals surface area contributed by atoms with Crippen molar-refractivity contribution in [2.45, 2.75) is 65.6 Å². The summed E-state index contributed by atoms with van der Waals surface area (Å²) < 4.78 is 0. The van der Waals surface area contributed by atoms with Gasteiger partial charge in [-0.2, -0.15) is 0 Å². The molecule has 13 heavy (non-hydrogen) atoms. The fourth-order valence-electron chi connectivity index (χ4n) is 2.12. The van der Waals surface area contributed by atoms with Crippen LogP contribution in [0.3, 0.4) is 0 Å². The lowest BCUT2D eigenvalue weighted by molar-refractivity contribution is 0.126. The monoisotopic (exact) mass is 178 g/mol. The van der Waals surface area contributed by atoms with E-state index in [4.69, 9.17) is 7.85 Å². The summed E-state index contributed by atoms with van der Waals surface area (Å²) in [6, 6.07) is 0. The lowest BCUT2D eigenvalue weighted by Crippen LogP contribution is -2.35. The molecule has 0 aromatic rings. The van der Waals surface area contributed by atoms with E-state index in [2.05, 4.69) is 34.6 Å². The molecule has 74 valence electrons. The molecule has 0 amide bonds. The van der Waals surface area contributed by atoms with Crippen LogP contribution >= 0.6 is 0 Å². The van der Waals surface area contributed by atoms with Crippen molar-refractivity contribution < 1.29 is 0 Å². The first-order chi connectivity index (χ1) is 5.66. The van der Waals surface area contributed by atoms with Gasteiger partial charge in [-0.3, -0.25) is 0 Å². The quantitative estimate of drug-likeness (QED) is 0.492. The zero-order valence-corrected chi connectivity index (χ0v) is 9.91. The van der Waals surface area contributed by atoms with Crippen molar-refractivity contribution in [2.75, 3.05) is 0 Å². The van der Waals surface area contributed by atoms with Gasteiger partial charge >= 0.3 is 0 Å². The molecule has 1 heteroatoms. The van der Waals surface area contributed by atoms with E-state index in [0.29, 0.717) is 5.41 Å². The Balaban J connectivity index is 2.68. The van der Waals surface area contributed by atoms with Crippen molar-refractivity contribution in [1.29, 1.82) is 0 Å². The van der Waals surface area contributed by atoms with Gasteiger partial charge < -0.3 is 0 Å². The number of rotatable bonds is 0. The average Bonchev–Trinajstić information content (AvgIpc) is 1.94. The van der Waals surface area contributed by atoms with Crippen LogP contribution < -0.4 is 0 Å². The van der Waals surface area contributed by atoms with E-state index in [1.165, 1.54) is 25.7 Å². The Hall–Kier alpha value is 0.0649. The first-order valence-electron chi connectivity index (χ1n) is 5.45. The zero-order valence-electron chi connectivity index (χ0n) is 9.91. The second-order valence-electron chi connectivity index (χ2n) is 6.57. The van der Waals surface area contributed by atoms with Crippen LogP contribution in [0.5, 0.6) is 0 Å². The highest BCUT2D eigenvalue weighted by Gasteiger charge is 2.41. The third-order valence-corrected chi connectivity index (χ3v) is 3.99. The summed E-state index contributed by atoms with van der Waals surface area (Å²) in [5.74, 6) is 0. The Morgan fingerprint density at radius 3 is 1.62 bits per heavy atom. The Labute approximate surface area is 84.9 Å². The molecule has 1 aliphatic rings. The van der Waals surface area contributed by atoms with Gasteiger partial charge in [0.25, 0.3) is 0 Å². The van der Waals surface area contributed by atoms with Crippen LogP contribution in [0.4, 0.5) is 0 Å². The number of hydrogen-bond acceptors (Lipinski definition) is 0. The predicted octanol–water partition coefficient (Wildman–Crippen LogP) is 3.96. The van der Waals surface area contributed by atoms with Gasteiger partial charge in [0.2, 0.25) is 0 Å². The standard InChI is InChI=1S/C12H23B/c1-10(2,3)12(13)8-6-11(4,5)7-9-12/h6-9H2,1-5H3. The van der Waals surface area contributed by atoms with Gasteiger partial charge in [0.15, 0.2) is 0 Å². The lowest BCUT2D eigenvalue weighted by atomic mass is 9.46. The van der Waals surface area contributed by atoms with E-state index < -0.39 is 0 Å². The van der Waals surface area contributed by atoms with E-state index in [-0.39, 0.29) is 10.7 Å². The summed E-state index contributed by atoms with van der Waals surface area (Å²) in [6.07, 6.45) is 4.93. The summed E-state index contributed by atoms with van der Waals surface area (Å²) in [4.78, 5) is 0. The minimum atomic E-state index is 0.0719. The summed E-state index contributed by atoms with van der Waals surface area (Å²) in [7, 11) is 6.46. The second-order valence-corrected chi connectivity index (χ2v) is 6.57. The Morgan fingerprint density at radius 2 is 1.31 bits per heavy atom. The van der Waals surface area contributed by atoms with Gasteiger partial charge in [-0.25, -0.2) is 0 Å². The maximum Gasteiger partial charge on any atom is 0.0753 e. The molecule has 2 radical (unpaired) electrons. The highest BCUT2D eigenvalue weighted by Crippen LogP contribution is 2.56. The molecule has 0 heterocycles. The van der Waals surface area contributed by atoms with Crippen molar-refractivity contribution in [1.82, 2.24) is 0 Å². The van der Waals surface area contributed by atoms with Crippen molar-refractivity contribution in [3.8, 4) is 0 Å². The summed E-state index contributed by atoms with van der Waals surface area (Å²) >= 11 is 0. The van der Waals surface area contributed by atoms with Gasteiger partial charge in [0.1, 0.15) is 0 Å². The Kier molecular flexibility index (Phi) is 2.60. The molecule has 1 fully saturated rings. The highest BCUT2D eigenvalue weighted by atomic mass is 14.4. The maximum atomic E-state index is 6.46. The molecule has 0 unspecified atom stereocenters. The zero-order chi connectivity index (χ0) is 10.3. The maximum absolute atomic E-state index is 6.46. The third-order valence-electron chi connectivity index (χ3n) is 3.99. The van der Waals surface area contributed by atoms with E-state index >= 15 is 0 Å². The molecule has 0 aromatic heterocycles. The smallest absolute Gasteiger partial charge is 0.0613 e. The topological polar surface area (TPSA) is 0 Å². The van der Waals surface area contributed by atoms with E-state index in [9.17, 15) is 0 Å². The number of hydrogen-bond donors (Lipinski definition) is 0. The summed E-state index contributed by atoms with van der Waals surface area (Å²) in [5, 5.41) is 0.0719. The molecule has 1 rings (SSSR count). The van der Waals surface area contributed by atoms with Crippen LogP contribution in [0, 0.1) is 10.8 Å². The molecule has 0 spiro atoms. The van der Waals surface area contributed by atoms with E-state index in [0.717, 1.165) is 0 Å². The second kappa shape index (κ2) is 3.03. The molecule has 1 saturated carbocycles. The van der Waals surface area contributed by atoms with Crippen molar-refractivity contribution in [3.05, 3.63) is 0 Å². The SMILES string of the molecule is [B]C1(C(C)(C)C)CCC(C)(C)CC1. The molecule has 0 bridgehead atoms. The predicted molar refractivity (Wildman–Crippen MR) is 60.2 cm³/mol. The molecule has 0 saturated heterocycles. The van der Waals surface area contributed by atoms with Gasteiger partial charge in [0, 0.05) is 0 Å². The van der Waals surface area contributed by atoms with Gasteiger partial charge in [-0.05, 0) is 23.7 Å². The Bertz CT molecular complexity index is 176. The van der Waals surface area contributed by atoms with Crippen LogP contribution in [0.25, 0.3) is 0 Å².